The smallest absolute Gasteiger partial charge is 0.333 e. The molecule has 8 nitrogen and oxygen atoms in total. The third kappa shape index (κ3) is 4.78. The lowest BCUT2D eigenvalue weighted by Gasteiger charge is -2.14. The second kappa shape index (κ2) is 9.34. The first-order chi connectivity index (χ1) is 16.1. The highest BCUT2D eigenvalue weighted by molar-refractivity contribution is 7.92. The summed E-state index contributed by atoms with van der Waals surface area (Å²) in [6, 6.07) is 12.0. The van der Waals surface area contributed by atoms with Crippen molar-refractivity contribution in [3.8, 4) is 5.69 Å². The van der Waals surface area contributed by atoms with E-state index in [1.165, 1.54) is 22.8 Å². The molecule has 0 unspecified atom stereocenters. The number of sulfonamides is 1. The Morgan fingerprint density at radius 2 is 1.79 bits per heavy atom. The topological polar surface area (TPSA) is 109 Å². The van der Waals surface area contributed by atoms with Crippen LogP contribution in [0.3, 0.4) is 0 Å². The predicted molar refractivity (Wildman–Crippen MR) is 140 cm³/mol. The first-order valence-electron chi connectivity index (χ1n) is 9.85. The van der Waals surface area contributed by atoms with Gasteiger partial charge in [0.1, 0.15) is 4.21 Å². The van der Waals surface area contributed by atoms with Gasteiger partial charge in [-0.25, -0.2) is 17.9 Å². The van der Waals surface area contributed by atoms with Crippen molar-refractivity contribution in [3.05, 3.63) is 75.0 Å². The van der Waals surface area contributed by atoms with Crippen LogP contribution in [0, 0.1) is 6.92 Å². The average molecular weight is 535 g/mol. The third-order valence-corrected chi connectivity index (χ3v) is 8.44. The van der Waals surface area contributed by atoms with Crippen LogP contribution in [0.15, 0.2) is 68.6 Å². The van der Waals surface area contributed by atoms with Crippen molar-refractivity contribution in [1.82, 2.24) is 9.29 Å². The van der Waals surface area contributed by atoms with Crippen LogP contribution in [0.25, 0.3) is 16.5 Å². The number of aromatic nitrogens is 1. The van der Waals surface area contributed by atoms with Crippen LogP contribution in [0.5, 0.6) is 0 Å². The molecule has 0 aliphatic carbocycles. The molecular formula is C22H19ClN4O4S3. The standard InChI is InChI=1S/C22H19ClN4O4S3/c1-12-3-8-20(33-12)34(30,31)26-22(29)25-14-5-7-18(17(23)10-14)27-11-19(32)16-9-13(24-2)4-6-15(16)21(27)28/h3-11,24,32H,1-2H3,(H2,25,26,29). The summed E-state index contributed by atoms with van der Waals surface area (Å²) in [7, 11) is -2.20. The summed E-state index contributed by atoms with van der Waals surface area (Å²) in [5.41, 5.74) is 1.20. The summed E-state index contributed by atoms with van der Waals surface area (Å²) in [5, 5.41) is 6.82. The fourth-order valence-corrected chi connectivity index (χ4v) is 6.09. The number of amides is 2. The molecule has 0 spiro atoms. The molecule has 0 aliphatic heterocycles. The number of aryl methyl sites for hydroxylation is 1. The van der Waals surface area contributed by atoms with Crippen molar-refractivity contribution >= 4 is 73.8 Å². The molecule has 176 valence electrons. The minimum absolute atomic E-state index is 0.0357. The predicted octanol–water partition coefficient (Wildman–Crippen LogP) is 4.85. The number of hydrogen-bond acceptors (Lipinski definition) is 7. The van der Waals surface area contributed by atoms with E-state index < -0.39 is 16.1 Å². The Morgan fingerprint density at radius 3 is 2.44 bits per heavy atom. The van der Waals surface area contributed by atoms with Crippen LogP contribution < -0.4 is 20.9 Å². The maximum absolute atomic E-state index is 13.1. The molecule has 2 amide bonds. The second-order valence-corrected chi connectivity index (χ2v) is 11.4. The van der Waals surface area contributed by atoms with Gasteiger partial charge in [0.05, 0.1) is 10.7 Å². The highest BCUT2D eigenvalue weighted by atomic mass is 35.5. The van der Waals surface area contributed by atoms with E-state index in [2.05, 4.69) is 23.3 Å². The Bertz CT molecular complexity index is 1600. The van der Waals surface area contributed by atoms with Crippen LogP contribution >= 0.6 is 35.6 Å². The molecule has 3 N–H and O–H groups in total. The summed E-state index contributed by atoms with van der Waals surface area (Å²) >= 11 is 12.0. The molecule has 0 saturated heterocycles. The molecule has 0 saturated carbocycles. The molecule has 4 aromatic rings. The number of benzene rings is 2. The molecule has 0 radical (unpaired) electrons. The highest BCUT2D eigenvalue weighted by Crippen LogP contribution is 2.28. The molecule has 0 fully saturated rings. The van der Waals surface area contributed by atoms with Gasteiger partial charge in [0.2, 0.25) is 0 Å². The van der Waals surface area contributed by atoms with E-state index in [4.69, 9.17) is 11.6 Å². The number of pyridine rings is 1. The van der Waals surface area contributed by atoms with Gasteiger partial charge in [-0.3, -0.25) is 9.36 Å². The number of rotatable bonds is 5. The number of carbonyl (C=O) groups is 1. The Morgan fingerprint density at radius 1 is 1.06 bits per heavy atom. The van der Waals surface area contributed by atoms with E-state index in [0.29, 0.717) is 21.4 Å². The molecule has 0 atom stereocenters. The van der Waals surface area contributed by atoms with Crippen molar-refractivity contribution in [2.45, 2.75) is 16.0 Å². The first-order valence-corrected chi connectivity index (χ1v) is 13.0. The lowest BCUT2D eigenvalue weighted by atomic mass is 10.1. The monoisotopic (exact) mass is 534 g/mol. The van der Waals surface area contributed by atoms with Gasteiger partial charge >= 0.3 is 6.03 Å². The number of anilines is 2. The maximum Gasteiger partial charge on any atom is 0.333 e. The van der Waals surface area contributed by atoms with Gasteiger partial charge in [-0.1, -0.05) is 11.6 Å². The number of thiol groups is 1. The Kier molecular flexibility index (Phi) is 6.63. The average Bonchev–Trinajstić information content (AvgIpc) is 3.23. The molecule has 0 bridgehead atoms. The van der Waals surface area contributed by atoms with Crippen LogP contribution in [0.1, 0.15) is 4.88 Å². The Labute approximate surface area is 210 Å². The van der Waals surface area contributed by atoms with Crippen LogP contribution in [0.4, 0.5) is 16.2 Å². The Hall–Kier alpha value is -2.99. The third-order valence-electron chi connectivity index (χ3n) is 4.96. The maximum atomic E-state index is 13.1. The van der Waals surface area contributed by atoms with Crippen molar-refractivity contribution in [1.29, 1.82) is 0 Å². The summed E-state index contributed by atoms with van der Waals surface area (Å²) < 4.78 is 28.0. The molecule has 2 aromatic carbocycles. The minimum Gasteiger partial charge on any atom is -0.388 e. The van der Waals surface area contributed by atoms with Crippen LogP contribution in [-0.4, -0.2) is 26.1 Å². The zero-order valence-electron chi connectivity index (χ0n) is 17.9. The fourth-order valence-electron chi connectivity index (χ4n) is 3.32. The fraction of sp³-hybridized carbons (Fsp3) is 0.0909. The summed E-state index contributed by atoms with van der Waals surface area (Å²) in [6.07, 6.45) is 1.57. The number of nitrogens with one attached hydrogen (secondary N) is 3. The lowest BCUT2D eigenvalue weighted by Crippen LogP contribution is -2.34. The van der Waals surface area contributed by atoms with E-state index in [1.54, 1.807) is 44.4 Å². The second-order valence-electron chi connectivity index (χ2n) is 7.29. The molecule has 2 heterocycles. The normalized spacial score (nSPS) is 11.4. The molecule has 4 rings (SSSR count). The van der Waals surface area contributed by atoms with E-state index in [9.17, 15) is 18.0 Å². The van der Waals surface area contributed by atoms with Gasteiger partial charge in [-0.15, -0.1) is 24.0 Å². The lowest BCUT2D eigenvalue weighted by molar-refractivity contribution is 0.256. The van der Waals surface area contributed by atoms with Gasteiger partial charge in [-0.05, 0) is 55.5 Å². The molecule has 12 heteroatoms. The summed E-state index contributed by atoms with van der Waals surface area (Å²) in [5.74, 6) is 0. The van der Waals surface area contributed by atoms with Crippen molar-refractivity contribution in [2.24, 2.45) is 0 Å². The number of carbonyl (C=O) groups excluding carboxylic acids is 1. The number of fused-ring (bicyclic) bond motifs is 1. The highest BCUT2D eigenvalue weighted by Gasteiger charge is 2.20. The number of halogens is 1. The quantitative estimate of drug-likeness (QED) is 0.273. The number of urea groups is 1. The molecular weight excluding hydrogens is 516 g/mol. The van der Waals surface area contributed by atoms with E-state index in [1.807, 2.05) is 10.8 Å². The van der Waals surface area contributed by atoms with Crippen molar-refractivity contribution in [3.63, 3.8) is 0 Å². The number of hydrogen-bond donors (Lipinski definition) is 4. The Balaban J connectivity index is 1.60. The summed E-state index contributed by atoms with van der Waals surface area (Å²) in [6.45, 7) is 1.77. The SMILES string of the molecule is CNc1ccc2c(=O)n(-c3ccc(NC(=O)NS(=O)(=O)c4ccc(C)s4)cc3Cl)cc(S)c2c1. The number of nitrogens with zero attached hydrogens (tertiary/aromatic N) is 1. The van der Waals surface area contributed by atoms with E-state index in [0.717, 1.165) is 21.9 Å². The van der Waals surface area contributed by atoms with E-state index >= 15 is 0 Å². The van der Waals surface area contributed by atoms with E-state index in [-0.39, 0.29) is 20.5 Å². The zero-order valence-corrected chi connectivity index (χ0v) is 21.2. The van der Waals surface area contributed by atoms with Crippen molar-refractivity contribution < 1.29 is 13.2 Å². The largest absolute Gasteiger partial charge is 0.388 e. The molecule has 2 aromatic heterocycles. The summed E-state index contributed by atoms with van der Waals surface area (Å²) in [4.78, 5) is 26.7. The van der Waals surface area contributed by atoms with Crippen LogP contribution in [-0.2, 0) is 10.0 Å². The van der Waals surface area contributed by atoms with Gasteiger partial charge in [0, 0.05) is 45.2 Å². The van der Waals surface area contributed by atoms with Gasteiger partial charge in [0.25, 0.3) is 15.6 Å². The van der Waals surface area contributed by atoms with Gasteiger partial charge in [-0.2, -0.15) is 0 Å². The zero-order chi connectivity index (χ0) is 24.6. The van der Waals surface area contributed by atoms with Gasteiger partial charge in [0.15, 0.2) is 0 Å². The number of thiophene rings is 1. The first kappa shape index (κ1) is 24.1. The minimum atomic E-state index is -3.99. The van der Waals surface area contributed by atoms with Gasteiger partial charge < -0.3 is 10.6 Å². The molecule has 34 heavy (non-hydrogen) atoms. The molecule has 0 aliphatic rings. The van der Waals surface area contributed by atoms with Crippen molar-refractivity contribution in [2.75, 3.05) is 17.7 Å². The van der Waals surface area contributed by atoms with Crippen LogP contribution in [0.2, 0.25) is 5.02 Å².